The van der Waals surface area contributed by atoms with Crippen molar-refractivity contribution < 1.29 is 9.63 Å². The van der Waals surface area contributed by atoms with Crippen LogP contribution in [0.4, 0.5) is 0 Å². The molecule has 1 N–H and O–H groups in total. The molecule has 0 aliphatic carbocycles. The van der Waals surface area contributed by atoms with Crippen molar-refractivity contribution >= 4 is 11.8 Å². The molecule has 86 valence electrons. The van der Waals surface area contributed by atoms with E-state index in [1.165, 1.54) is 0 Å². The van der Waals surface area contributed by atoms with Crippen LogP contribution in [-0.4, -0.2) is 27.6 Å². The van der Waals surface area contributed by atoms with Crippen molar-refractivity contribution in [2.45, 2.75) is 32.4 Å². The van der Waals surface area contributed by atoms with Crippen LogP contribution < -0.4 is 0 Å². The van der Waals surface area contributed by atoms with E-state index in [9.17, 15) is 0 Å². The van der Waals surface area contributed by atoms with Gasteiger partial charge in [-0.25, -0.2) is 0 Å². The average Bonchev–Trinajstić information content (AvgIpc) is 2.66. The molecule has 15 heavy (non-hydrogen) atoms. The lowest BCUT2D eigenvalue weighted by atomic mass is 10.2. The lowest BCUT2D eigenvalue weighted by Crippen LogP contribution is -2.03. The largest absolute Gasteiger partial charge is 0.396 e. The number of nitrogens with zero attached hydrogens (tertiary/aromatic N) is 2. The molecule has 0 bridgehead atoms. The monoisotopic (exact) mass is 230 g/mol. The maximum Gasteiger partial charge on any atom is 0.226 e. The summed E-state index contributed by atoms with van der Waals surface area (Å²) in [4.78, 5) is 4.26. The molecule has 1 atom stereocenters. The van der Waals surface area contributed by atoms with Gasteiger partial charge in [0.25, 0.3) is 0 Å². The first-order valence-corrected chi connectivity index (χ1v) is 6.41. The molecular weight excluding hydrogens is 212 g/mol. The molecule has 0 radical (unpaired) electrons. The van der Waals surface area contributed by atoms with Crippen LogP contribution in [0.2, 0.25) is 0 Å². The second-order valence-corrected chi connectivity index (χ2v) is 4.69. The molecule has 5 heteroatoms. The Morgan fingerprint density at radius 1 is 1.53 bits per heavy atom. The number of aryl methyl sites for hydroxylation is 1. The lowest BCUT2D eigenvalue weighted by Gasteiger charge is -2.04. The molecule has 0 spiro atoms. The van der Waals surface area contributed by atoms with Crippen molar-refractivity contribution in [3.05, 3.63) is 11.7 Å². The molecule has 4 nitrogen and oxygen atoms in total. The van der Waals surface area contributed by atoms with Crippen LogP contribution in [-0.2, 0) is 12.2 Å². The second-order valence-electron chi connectivity index (χ2n) is 3.66. The van der Waals surface area contributed by atoms with Crippen LogP contribution in [0.5, 0.6) is 0 Å². The molecule has 0 saturated heterocycles. The van der Waals surface area contributed by atoms with Gasteiger partial charge < -0.3 is 9.63 Å². The molecule has 1 heterocycles. The quantitative estimate of drug-likeness (QED) is 0.775. The number of aliphatic hydroxyl groups is 1. The number of hydrogen-bond acceptors (Lipinski definition) is 5. The Bertz CT molecular complexity index is 278. The third-order valence-corrected chi connectivity index (χ3v) is 3.19. The van der Waals surface area contributed by atoms with Crippen LogP contribution in [0.15, 0.2) is 4.52 Å². The molecule has 0 fully saturated rings. The van der Waals surface area contributed by atoms with E-state index >= 15 is 0 Å². The summed E-state index contributed by atoms with van der Waals surface area (Å²) in [7, 11) is 0. The molecule has 0 aromatic carbocycles. The van der Waals surface area contributed by atoms with E-state index in [4.69, 9.17) is 9.63 Å². The zero-order chi connectivity index (χ0) is 11.1. The molecule has 1 aromatic heterocycles. The first kappa shape index (κ1) is 12.5. The highest BCUT2D eigenvalue weighted by atomic mass is 32.2. The molecule has 0 aliphatic heterocycles. The molecule has 1 aromatic rings. The van der Waals surface area contributed by atoms with E-state index in [0.717, 1.165) is 36.1 Å². The number of aliphatic hydroxyl groups excluding tert-OH is 1. The van der Waals surface area contributed by atoms with E-state index in [2.05, 4.69) is 17.1 Å². The topological polar surface area (TPSA) is 59.2 Å². The number of aromatic nitrogens is 2. The number of rotatable bonds is 7. The van der Waals surface area contributed by atoms with E-state index in [1.807, 2.05) is 6.92 Å². The van der Waals surface area contributed by atoms with Gasteiger partial charge in [0.2, 0.25) is 5.89 Å². The van der Waals surface area contributed by atoms with Crippen molar-refractivity contribution in [2.75, 3.05) is 12.4 Å². The highest BCUT2D eigenvalue weighted by molar-refractivity contribution is 7.98. The standard InChI is InChI=1S/C10H18N2O2S/c1-3-4-10-11-9(12-14-10)7-15-6-8(2)5-13/h8,13H,3-7H2,1-2H3. The fraction of sp³-hybridized carbons (Fsp3) is 0.800. The predicted molar refractivity (Wildman–Crippen MR) is 60.7 cm³/mol. The Hall–Kier alpha value is -0.550. The maximum atomic E-state index is 8.84. The normalized spacial score (nSPS) is 13.0. The summed E-state index contributed by atoms with van der Waals surface area (Å²) in [5.74, 6) is 3.50. The van der Waals surface area contributed by atoms with Gasteiger partial charge in [-0.05, 0) is 18.1 Å². The Balaban J connectivity index is 2.25. The van der Waals surface area contributed by atoms with Crippen molar-refractivity contribution in [1.29, 1.82) is 0 Å². The highest BCUT2D eigenvalue weighted by Gasteiger charge is 2.06. The van der Waals surface area contributed by atoms with Gasteiger partial charge in [0.15, 0.2) is 5.82 Å². The van der Waals surface area contributed by atoms with Crippen LogP contribution in [0.25, 0.3) is 0 Å². The molecule has 1 rings (SSSR count). The zero-order valence-electron chi connectivity index (χ0n) is 9.27. The van der Waals surface area contributed by atoms with Gasteiger partial charge in [-0.3, -0.25) is 0 Å². The molecule has 0 amide bonds. The first-order valence-electron chi connectivity index (χ1n) is 5.26. The summed E-state index contributed by atoms with van der Waals surface area (Å²) in [6.07, 6.45) is 1.88. The summed E-state index contributed by atoms with van der Waals surface area (Å²) in [6, 6.07) is 0. The van der Waals surface area contributed by atoms with Crippen LogP contribution in [0.3, 0.4) is 0 Å². The van der Waals surface area contributed by atoms with Crippen LogP contribution in [0, 0.1) is 5.92 Å². The number of thioether (sulfide) groups is 1. The minimum absolute atomic E-state index is 0.236. The molecule has 0 aliphatic rings. The van der Waals surface area contributed by atoms with Gasteiger partial charge in [0.05, 0.1) is 5.75 Å². The van der Waals surface area contributed by atoms with Crippen LogP contribution in [0.1, 0.15) is 32.0 Å². The maximum absolute atomic E-state index is 8.84. The smallest absolute Gasteiger partial charge is 0.226 e. The van der Waals surface area contributed by atoms with Crippen molar-refractivity contribution in [3.8, 4) is 0 Å². The summed E-state index contributed by atoms with van der Waals surface area (Å²) in [5, 5.41) is 12.7. The molecule has 1 unspecified atom stereocenters. The second kappa shape index (κ2) is 6.85. The molecule has 0 saturated carbocycles. The summed E-state index contributed by atoms with van der Waals surface area (Å²) in [6.45, 7) is 4.34. The summed E-state index contributed by atoms with van der Waals surface area (Å²) >= 11 is 1.73. The fourth-order valence-electron chi connectivity index (χ4n) is 1.07. The minimum Gasteiger partial charge on any atom is -0.396 e. The Labute approximate surface area is 94.5 Å². The first-order chi connectivity index (χ1) is 7.26. The summed E-state index contributed by atoms with van der Waals surface area (Å²) in [5.41, 5.74) is 0. The Morgan fingerprint density at radius 3 is 3.00 bits per heavy atom. The van der Waals surface area contributed by atoms with Crippen LogP contribution >= 0.6 is 11.8 Å². The Morgan fingerprint density at radius 2 is 2.33 bits per heavy atom. The average molecular weight is 230 g/mol. The third-order valence-electron chi connectivity index (χ3n) is 1.92. The van der Waals surface area contributed by atoms with E-state index < -0.39 is 0 Å². The van der Waals surface area contributed by atoms with Gasteiger partial charge in [0.1, 0.15) is 0 Å². The van der Waals surface area contributed by atoms with Crippen molar-refractivity contribution in [3.63, 3.8) is 0 Å². The van der Waals surface area contributed by atoms with Gasteiger partial charge >= 0.3 is 0 Å². The van der Waals surface area contributed by atoms with Crippen molar-refractivity contribution in [2.24, 2.45) is 5.92 Å². The number of hydrogen-bond donors (Lipinski definition) is 1. The highest BCUT2D eigenvalue weighted by Crippen LogP contribution is 2.13. The third kappa shape index (κ3) is 4.66. The zero-order valence-corrected chi connectivity index (χ0v) is 10.1. The van der Waals surface area contributed by atoms with Gasteiger partial charge in [0, 0.05) is 13.0 Å². The lowest BCUT2D eigenvalue weighted by molar-refractivity contribution is 0.250. The van der Waals surface area contributed by atoms with E-state index in [1.54, 1.807) is 11.8 Å². The molecular formula is C10H18N2O2S. The fourth-order valence-corrected chi connectivity index (χ4v) is 1.99. The van der Waals surface area contributed by atoms with E-state index in [-0.39, 0.29) is 6.61 Å². The van der Waals surface area contributed by atoms with Crippen molar-refractivity contribution in [1.82, 2.24) is 10.1 Å². The van der Waals surface area contributed by atoms with Gasteiger partial charge in [-0.1, -0.05) is 19.0 Å². The minimum atomic E-state index is 0.236. The SMILES string of the molecule is CCCc1nc(CSCC(C)CO)no1. The van der Waals surface area contributed by atoms with E-state index in [0.29, 0.717) is 5.92 Å². The summed E-state index contributed by atoms with van der Waals surface area (Å²) < 4.78 is 5.07. The van der Waals surface area contributed by atoms with Gasteiger partial charge in [-0.2, -0.15) is 16.7 Å². The Kier molecular flexibility index (Phi) is 5.71. The van der Waals surface area contributed by atoms with Gasteiger partial charge in [-0.15, -0.1) is 0 Å². The predicted octanol–water partition coefficient (Wildman–Crippen LogP) is 1.88.